The molecule has 0 bridgehead atoms. The van der Waals surface area contributed by atoms with Crippen molar-refractivity contribution in [1.82, 2.24) is 4.90 Å². The quantitative estimate of drug-likeness (QED) is 0.629. The molecule has 0 atom stereocenters. The van der Waals surface area contributed by atoms with E-state index in [0.717, 1.165) is 11.0 Å². The Hall–Kier alpha value is -1.88. The van der Waals surface area contributed by atoms with E-state index in [1.165, 1.54) is 38.4 Å². The molecule has 0 N–H and O–H groups in total. The largest absolute Gasteiger partial charge is 0.468 e. The molecular formula is C13H13ClFNO3. The fourth-order valence-corrected chi connectivity index (χ4v) is 1.51. The minimum Gasteiger partial charge on any atom is -0.468 e. The average Bonchev–Trinajstić information content (AvgIpc) is 2.37. The monoisotopic (exact) mass is 285 g/mol. The lowest BCUT2D eigenvalue weighted by molar-refractivity contribution is -0.144. The number of likely N-dealkylation sites (N-methyl/N-ethyl adjacent to an activating group) is 1. The Morgan fingerprint density at radius 3 is 2.74 bits per heavy atom. The van der Waals surface area contributed by atoms with Gasteiger partial charge in [-0.2, -0.15) is 0 Å². The zero-order valence-electron chi connectivity index (χ0n) is 10.5. The smallest absolute Gasteiger partial charge is 0.325 e. The van der Waals surface area contributed by atoms with Crippen molar-refractivity contribution >= 4 is 29.6 Å². The summed E-state index contributed by atoms with van der Waals surface area (Å²) < 4.78 is 17.9. The number of ether oxygens (including phenoxy) is 1. The minimum absolute atomic E-state index is 0.129. The van der Waals surface area contributed by atoms with Gasteiger partial charge in [-0.05, 0) is 18.2 Å². The highest BCUT2D eigenvalue weighted by Crippen LogP contribution is 2.20. The molecule has 0 saturated carbocycles. The summed E-state index contributed by atoms with van der Waals surface area (Å²) in [5.41, 5.74) is 0.129. The number of hydrogen-bond donors (Lipinski definition) is 0. The van der Waals surface area contributed by atoms with E-state index < -0.39 is 17.7 Å². The normalized spacial score (nSPS) is 10.5. The number of methoxy groups -OCH3 is 1. The van der Waals surface area contributed by atoms with Gasteiger partial charge in [0.25, 0.3) is 0 Å². The summed E-state index contributed by atoms with van der Waals surface area (Å²) in [4.78, 5) is 23.8. The highest BCUT2D eigenvalue weighted by atomic mass is 35.5. The SMILES string of the molecule is COC(=O)CN(C)C(=O)C=Cc1c(F)cccc1Cl. The van der Waals surface area contributed by atoms with Crippen molar-refractivity contribution in [3.63, 3.8) is 0 Å². The molecule has 4 nitrogen and oxygen atoms in total. The van der Waals surface area contributed by atoms with Crippen LogP contribution in [0.1, 0.15) is 5.56 Å². The topological polar surface area (TPSA) is 46.6 Å². The number of amides is 1. The van der Waals surface area contributed by atoms with Crippen molar-refractivity contribution in [2.75, 3.05) is 20.7 Å². The number of benzene rings is 1. The van der Waals surface area contributed by atoms with Crippen molar-refractivity contribution in [3.8, 4) is 0 Å². The molecule has 0 aliphatic heterocycles. The Bertz CT molecular complexity index is 496. The van der Waals surface area contributed by atoms with Gasteiger partial charge in [0.2, 0.25) is 5.91 Å². The first kappa shape index (κ1) is 15.2. The predicted octanol–water partition coefficient (Wildman–Crippen LogP) is 2.12. The predicted molar refractivity (Wildman–Crippen MR) is 70.1 cm³/mol. The van der Waals surface area contributed by atoms with E-state index in [9.17, 15) is 14.0 Å². The highest BCUT2D eigenvalue weighted by Gasteiger charge is 2.11. The number of carbonyl (C=O) groups excluding carboxylic acids is 2. The second-order valence-corrected chi connectivity index (χ2v) is 4.15. The molecule has 1 amide bonds. The second-order valence-electron chi connectivity index (χ2n) is 3.74. The molecule has 0 heterocycles. The molecule has 0 saturated heterocycles. The van der Waals surface area contributed by atoms with Crippen molar-refractivity contribution in [2.24, 2.45) is 0 Å². The fraction of sp³-hybridized carbons (Fsp3) is 0.231. The van der Waals surface area contributed by atoms with Crippen LogP contribution in [0.4, 0.5) is 4.39 Å². The van der Waals surface area contributed by atoms with Crippen molar-refractivity contribution in [2.45, 2.75) is 0 Å². The number of nitrogens with zero attached hydrogens (tertiary/aromatic N) is 1. The van der Waals surface area contributed by atoms with Gasteiger partial charge in [0.1, 0.15) is 12.4 Å². The number of rotatable bonds is 4. The number of esters is 1. The molecule has 1 aromatic carbocycles. The van der Waals surface area contributed by atoms with Gasteiger partial charge in [0, 0.05) is 18.7 Å². The van der Waals surface area contributed by atoms with Crippen LogP contribution >= 0.6 is 11.6 Å². The molecule has 0 radical (unpaired) electrons. The lowest BCUT2D eigenvalue weighted by Crippen LogP contribution is -2.31. The van der Waals surface area contributed by atoms with E-state index in [4.69, 9.17) is 11.6 Å². The fourth-order valence-electron chi connectivity index (χ4n) is 1.29. The van der Waals surface area contributed by atoms with Gasteiger partial charge >= 0.3 is 5.97 Å². The minimum atomic E-state index is -0.534. The Morgan fingerprint density at radius 2 is 2.16 bits per heavy atom. The third-order valence-electron chi connectivity index (χ3n) is 2.36. The summed E-state index contributed by atoms with van der Waals surface area (Å²) in [6.07, 6.45) is 2.42. The Kier molecular flexibility index (Phi) is 5.51. The van der Waals surface area contributed by atoms with E-state index in [-0.39, 0.29) is 17.1 Å². The molecular weight excluding hydrogens is 273 g/mol. The van der Waals surface area contributed by atoms with Crippen LogP contribution in [0.25, 0.3) is 6.08 Å². The lowest BCUT2D eigenvalue weighted by Gasteiger charge is -2.12. The van der Waals surface area contributed by atoms with Crippen LogP contribution < -0.4 is 0 Å². The molecule has 1 aromatic rings. The zero-order valence-corrected chi connectivity index (χ0v) is 11.3. The van der Waals surface area contributed by atoms with Gasteiger partial charge < -0.3 is 9.64 Å². The van der Waals surface area contributed by atoms with Gasteiger partial charge in [0.15, 0.2) is 0 Å². The van der Waals surface area contributed by atoms with Crippen LogP contribution in [-0.4, -0.2) is 37.5 Å². The molecule has 0 aromatic heterocycles. The van der Waals surface area contributed by atoms with E-state index in [2.05, 4.69) is 4.74 Å². The van der Waals surface area contributed by atoms with Crippen LogP contribution in [0.2, 0.25) is 5.02 Å². The maximum Gasteiger partial charge on any atom is 0.325 e. The first-order chi connectivity index (χ1) is 8.95. The maximum atomic E-state index is 13.4. The lowest BCUT2D eigenvalue weighted by atomic mass is 10.2. The third kappa shape index (κ3) is 4.37. The zero-order chi connectivity index (χ0) is 14.4. The van der Waals surface area contributed by atoms with E-state index in [1.807, 2.05) is 0 Å². The van der Waals surface area contributed by atoms with E-state index >= 15 is 0 Å². The Labute approximate surface area is 115 Å². The van der Waals surface area contributed by atoms with Crippen LogP contribution in [0.3, 0.4) is 0 Å². The summed E-state index contributed by atoms with van der Waals surface area (Å²) >= 11 is 5.81. The summed E-state index contributed by atoms with van der Waals surface area (Å²) in [5, 5.41) is 0.208. The molecule has 6 heteroatoms. The molecule has 19 heavy (non-hydrogen) atoms. The first-order valence-electron chi connectivity index (χ1n) is 5.39. The molecule has 0 unspecified atom stereocenters. The van der Waals surface area contributed by atoms with Crippen molar-refractivity contribution in [3.05, 3.63) is 40.7 Å². The molecule has 0 aliphatic carbocycles. The summed E-state index contributed by atoms with van der Waals surface area (Å²) in [5.74, 6) is -1.51. The highest BCUT2D eigenvalue weighted by molar-refractivity contribution is 6.32. The van der Waals surface area contributed by atoms with Crippen molar-refractivity contribution < 1.29 is 18.7 Å². The average molecular weight is 286 g/mol. The maximum absolute atomic E-state index is 13.4. The van der Waals surface area contributed by atoms with Crippen LogP contribution in [-0.2, 0) is 14.3 Å². The summed E-state index contributed by atoms with van der Waals surface area (Å²) in [6.45, 7) is -0.176. The Morgan fingerprint density at radius 1 is 1.47 bits per heavy atom. The van der Waals surface area contributed by atoms with E-state index in [0.29, 0.717) is 0 Å². The molecule has 1 rings (SSSR count). The van der Waals surface area contributed by atoms with Gasteiger partial charge in [0.05, 0.1) is 12.1 Å². The molecule has 0 fully saturated rings. The van der Waals surface area contributed by atoms with Gasteiger partial charge in [-0.1, -0.05) is 17.7 Å². The van der Waals surface area contributed by atoms with Gasteiger partial charge in [-0.15, -0.1) is 0 Å². The summed E-state index contributed by atoms with van der Waals surface area (Å²) in [6, 6.07) is 4.24. The van der Waals surface area contributed by atoms with Crippen molar-refractivity contribution in [1.29, 1.82) is 0 Å². The number of halogens is 2. The molecule has 0 spiro atoms. The first-order valence-corrected chi connectivity index (χ1v) is 5.77. The van der Waals surface area contributed by atoms with Crippen LogP contribution in [0.15, 0.2) is 24.3 Å². The second kappa shape index (κ2) is 6.89. The van der Waals surface area contributed by atoms with Crippen LogP contribution in [0.5, 0.6) is 0 Å². The van der Waals surface area contributed by atoms with Gasteiger partial charge in [-0.25, -0.2) is 4.39 Å². The third-order valence-corrected chi connectivity index (χ3v) is 2.69. The summed E-state index contributed by atoms with van der Waals surface area (Å²) in [7, 11) is 2.67. The number of carbonyl (C=O) groups is 2. The van der Waals surface area contributed by atoms with Crippen LogP contribution in [0, 0.1) is 5.82 Å². The number of hydrogen-bond acceptors (Lipinski definition) is 3. The standard InChI is InChI=1S/C13H13ClFNO3/c1-16(8-13(18)19-2)12(17)7-6-9-10(14)4-3-5-11(9)15/h3-7H,8H2,1-2H3. The van der Waals surface area contributed by atoms with E-state index in [1.54, 1.807) is 0 Å². The van der Waals surface area contributed by atoms with Gasteiger partial charge in [-0.3, -0.25) is 9.59 Å². The Balaban J connectivity index is 2.76. The molecule has 102 valence electrons. The molecule has 0 aliphatic rings.